The van der Waals surface area contributed by atoms with Crippen LogP contribution < -0.4 is 0 Å². The molecule has 0 unspecified atom stereocenters. The van der Waals surface area contributed by atoms with Crippen LogP contribution in [0.5, 0.6) is 0 Å². The zero-order valence-electron chi connectivity index (χ0n) is 9.86. The summed E-state index contributed by atoms with van der Waals surface area (Å²) in [7, 11) is 0. The fourth-order valence-electron chi connectivity index (χ4n) is 2.08. The molecule has 0 spiro atoms. The fraction of sp³-hybridized carbons (Fsp3) is 0.0714. The van der Waals surface area contributed by atoms with Gasteiger partial charge in [0.2, 0.25) is 0 Å². The number of hydrogen-bond donors (Lipinski definition) is 1. The van der Waals surface area contributed by atoms with Gasteiger partial charge in [-0.05, 0) is 30.4 Å². The summed E-state index contributed by atoms with van der Waals surface area (Å²) < 4.78 is 28.9. The average Bonchev–Trinajstić information content (AvgIpc) is 2.69. The predicted molar refractivity (Wildman–Crippen MR) is 72.6 cm³/mol. The van der Waals surface area contributed by atoms with Crippen molar-refractivity contribution in [2.45, 2.75) is 6.54 Å². The first-order chi connectivity index (χ1) is 9.15. The molecule has 0 bridgehead atoms. The molecule has 0 aliphatic rings. The molecule has 96 valence electrons. The number of aromatic nitrogens is 2. The molecule has 0 fully saturated rings. The molecule has 1 heterocycles. The molecule has 0 saturated heterocycles. The van der Waals surface area contributed by atoms with Crippen LogP contribution in [0.1, 0.15) is 5.56 Å². The van der Waals surface area contributed by atoms with Gasteiger partial charge in [-0.1, -0.05) is 18.2 Å². The van der Waals surface area contributed by atoms with Gasteiger partial charge in [0.25, 0.3) is 0 Å². The van der Waals surface area contributed by atoms with Crippen molar-refractivity contribution in [3.8, 4) is 0 Å². The normalized spacial score (nSPS) is 11.1. The molecule has 2 nitrogen and oxygen atoms in total. The maximum Gasteiger partial charge on any atom is 0.178 e. The lowest BCUT2D eigenvalue weighted by Crippen LogP contribution is -2.02. The molecule has 3 aromatic rings. The van der Waals surface area contributed by atoms with Gasteiger partial charge in [-0.2, -0.15) is 0 Å². The minimum Gasteiger partial charge on any atom is -0.331 e. The molecule has 3 rings (SSSR count). The van der Waals surface area contributed by atoms with E-state index < -0.39 is 11.6 Å². The molecule has 1 N–H and O–H groups in total. The van der Waals surface area contributed by atoms with Crippen molar-refractivity contribution in [3.63, 3.8) is 0 Å². The standard InChI is InChI=1S/C14H10F2N2S/c15-10-6-5-9(11(16)7-10)8-18-13-4-2-1-3-12(13)17-14(18)19/h1-7H,8H2,(H,17,19). The van der Waals surface area contributed by atoms with Gasteiger partial charge in [-0.25, -0.2) is 8.78 Å². The van der Waals surface area contributed by atoms with Crippen LogP contribution in [-0.2, 0) is 6.54 Å². The molecule has 19 heavy (non-hydrogen) atoms. The van der Waals surface area contributed by atoms with E-state index in [0.717, 1.165) is 17.1 Å². The number of rotatable bonds is 2. The first-order valence-electron chi connectivity index (χ1n) is 5.76. The molecule has 2 aromatic carbocycles. The number of fused-ring (bicyclic) bond motifs is 1. The summed E-state index contributed by atoms with van der Waals surface area (Å²) in [5, 5.41) is 0. The van der Waals surface area contributed by atoms with Gasteiger partial charge in [0.15, 0.2) is 4.77 Å². The summed E-state index contributed by atoms with van der Waals surface area (Å²) in [6, 6.07) is 11.2. The maximum atomic E-state index is 13.7. The minimum absolute atomic E-state index is 0.273. The van der Waals surface area contributed by atoms with E-state index in [0.29, 0.717) is 10.3 Å². The van der Waals surface area contributed by atoms with Crippen LogP contribution in [0, 0.1) is 16.4 Å². The Morgan fingerprint density at radius 2 is 1.89 bits per heavy atom. The molecule has 5 heteroatoms. The van der Waals surface area contributed by atoms with Gasteiger partial charge in [-0.15, -0.1) is 0 Å². The van der Waals surface area contributed by atoms with E-state index in [1.807, 2.05) is 24.3 Å². The molecule has 0 aliphatic heterocycles. The third kappa shape index (κ3) is 2.17. The van der Waals surface area contributed by atoms with E-state index in [4.69, 9.17) is 12.2 Å². The molecular weight excluding hydrogens is 266 g/mol. The van der Waals surface area contributed by atoms with Crippen molar-refractivity contribution >= 4 is 23.3 Å². The quantitative estimate of drug-likeness (QED) is 0.701. The van der Waals surface area contributed by atoms with E-state index in [-0.39, 0.29) is 6.54 Å². The zero-order valence-corrected chi connectivity index (χ0v) is 10.7. The van der Waals surface area contributed by atoms with Crippen LogP contribution in [0.2, 0.25) is 0 Å². The lowest BCUT2D eigenvalue weighted by atomic mass is 10.2. The number of benzene rings is 2. The van der Waals surface area contributed by atoms with Crippen molar-refractivity contribution in [3.05, 3.63) is 64.4 Å². The van der Waals surface area contributed by atoms with E-state index >= 15 is 0 Å². The largest absolute Gasteiger partial charge is 0.331 e. The molecule has 1 aromatic heterocycles. The summed E-state index contributed by atoms with van der Waals surface area (Å²) in [6.07, 6.45) is 0. The number of nitrogens with one attached hydrogen (secondary N) is 1. The van der Waals surface area contributed by atoms with Crippen LogP contribution in [0.15, 0.2) is 42.5 Å². The van der Waals surface area contributed by atoms with Gasteiger partial charge in [-0.3, -0.25) is 0 Å². The van der Waals surface area contributed by atoms with Crippen molar-refractivity contribution in [2.24, 2.45) is 0 Å². The van der Waals surface area contributed by atoms with E-state index in [1.165, 1.54) is 12.1 Å². The number of para-hydroxylation sites is 2. The maximum absolute atomic E-state index is 13.7. The first kappa shape index (κ1) is 12.0. The minimum atomic E-state index is -0.580. The van der Waals surface area contributed by atoms with Crippen molar-refractivity contribution in [1.29, 1.82) is 0 Å². The highest BCUT2D eigenvalue weighted by Crippen LogP contribution is 2.17. The fourth-order valence-corrected chi connectivity index (χ4v) is 2.36. The Labute approximate surface area is 113 Å². The van der Waals surface area contributed by atoms with Gasteiger partial charge >= 0.3 is 0 Å². The Bertz CT molecular complexity index is 805. The highest BCUT2D eigenvalue weighted by atomic mass is 32.1. The summed E-state index contributed by atoms with van der Waals surface area (Å²) in [4.78, 5) is 3.06. The Kier molecular flexibility index (Phi) is 2.91. The van der Waals surface area contributed by atoms with E-state index in [2.05, 4.69) is 4.98 Å². The SMILES string of the molecule is Fc1ccc(Cn2c(=S)[nH]c3ccccc32)c(F)c1. The van der Waals surface area contributed by atoms with E-state index in [9.17, 15) is 8.78 Å². The Morgan fingerprint density at radius 1 is 1.11 bits per heavy atom. The number of aromatic amines is 1. The van der Waals surface area contributed by atoms with Crippen LogP contribution >= 0.6 is 12.2 Å². The van der Waals surface area contributed by atoms with Crippen LogP contribution in [0.3, 0.4) is 0 Å². The second-order valence-electron chi connectivity index (χ2n) is 4.27. The van der Waals surface area contributed by atoms with Gasteiger partial charge < -0.3 is 9.55 Å². The monoisotopic (exact) mass is 276 g/mol. The number of hydrogen-bond acceptors (Lipinski definition) is 1. The van der Waals surface area contributed by atoms with Crippen molar-refractivity contribution in [1.82, 2.24) is 9.55 Å². The van der Waals surface area contributed by atoms with Crippen LogP contribution in [0.4, 0.5) is 8.78 Å². The lowest BCUT2D eigenvalue weighted by molar-refractivity contribution is 0.567. The molecular formula is C14H10F2N2S. The third-order valence-electron chi connectivity index (χ3n) is 3.03. The second-order valence-corrected chi connectivity index (χ2v) is 4.66. The zero-order chi connectivity index (χ0) is 13.4. The molecule has 0 aliphatic carbocycles. The van der Waals surface area contributed by atoms with Crippen molar-refractivity contribution in [2.75, 3.05) is 0 Å². The first-order valence-corrected chi connectivity index (χ1v) is 6.17. The van der Waals surface area contributed by atoms with E-state index in [1.54, 1.807) is 4.57 Å². The van der Waals surface area contributed by atoms with Crippen LogP contribution in [-0.4, -0.2) is 9.55 Å². The number of imidazole rings is 1. The summed E-state index contributed by atoms with van der Waals surface area (Å²) in [6.45, 7) is 0.273. The van der Waals surface area contributed by atoms with Crippen molar-refractivity contribution < 1.29 is 8.78 Å². The van der Waals surface area contributed by atoms with Gasteiger partial charge in [0, 0.05) is 11.6 Å². The smallest absolute Gasteiger partial charge is 0.178 e. The number of halogens is 2. The van der Waals surface area contributed by atoms with Crippen LogP contribution in [0.25, 0.3) is 11.0 Å². The average molecular weight is 276 g/mol. The summed E-state index contributed by atoms with van der Waals surface area (Å²) in [5.41, 5.74) is 2.20. The second kappa shape index (κ2) is 4.59. The third-order valence-corrected chi connectivity index (χ3v) is 3.35. The highest BCUT2D eigenvalue weighted by molar-refractivity contribution is 7.71. The summed E-state index contributed by atoms with van der Waals surface area (Å²) in [5.74, 6) is -1.14. The molecule has 0 radical (unpaired) electrons. The Hall–Kier alpha value is -2.01. The Morgan fingerprint density at radius 3 is 2.68 bits per heavy atom. The highest BCUT2D eigenvalue weighted by Gasteiger charge is 2.08. The topological polar surface area (TPSA) is 20.7 Å². The van der Waals surface area contributed by atoms with Gasteiger partial charge in [0.05, 0.1) is 17.6 Å². The number of nitrogens with zero attached hydrogens (tertiary/aromatic N) is 1. The molecule has 0 atom stereocenters. The molecule has 0 saturated carbocycles. The van der Waals surface area contributed by atoms with Gasteiger partial charge in [0.1, 0.15) is 11.6 Å². The lowest BCUT2D eigenvalue weighted by Gasteiger charge is -2.06. The Balaban J connectivity index is 2.10. The number of H-pyrrole nitrogens is 1. The predicted octanol–water partition coefficient (Wildman–Crippen LogP) is 4.03. The summed E-state index contributed by atoms with van der Waals surface area (Å²) >= 11 is 5.23. The molecule has 0 amide bonds.